The first kappa shape index (κ1) is 32.2. The van der Waals surface area contributed by atoms with Crippen LogP contribution in [0.5, 0.6) is 11.5 Å². The van der Waals surface area contributed by atoms with Crippen molar-refractivity contribution in [3.05, 3.63) is 88.4 Å². The number of carbonyl (C=O) groups excluding carboxylic acids is 2. The van der Waals surface area contributed by atoms with E-state index in [1.807, 2.05) is 32.0 Å². The Balaban J connectivity index is 1.90. The molecule has 0 fully saturated rings. The molecule has 0 radical (unpaired) electrons. The van der Waals surface area contributed by atoms with Gasteiger partial charge in [-0.05, 0) is 66.4 Å². The van der Waals surface area contributed by atoms with Gasteiger partial charge in [0, 0.05) is 13.1 Å². The highest BCUT2D eigenvalue weighted by molar-refractivity contribution is 7.92. The predicted octanol–water partition coefficient (Wildman–Crippen LogP) is 6.13. The van der Waals surface area contributed by atoms with E-state index in [4.69, 9.17) is 27.9 Å². The molecule has 3 rings (SSSR count). The van der Waals surface area contributed by atoms with Crippen LogP contribution in [0.2, 0.25) is 10.0 Å². The Morgan fingerprint density at radius 3 is 2.12 bits per heavy atom. The second kappa shape index (κ2) is 14.6. The zero-order valence-corrected chi connectivity index (χ0v) is 25.8. The number of nitrogens with one attached hydrogen (secondary N) is 1. The first-order chi connectivity index (χ1) is 19.4. The lowest BCUT2D eigenvalue weighted by Gasteiger charge is -2.33. The smallest absolute Gasteiger partial charge is 0.244 e. The van der Waals surface area contributed by atoms with Crippen LogP contribution < -0.4 is 14.4 Å². The first-order valence-electron chi connectivity index (χ1n) is 13.2. The molecular weight excluding hydrogens is 585 g/mol. The van der Waals surface area contributed by atoms with Crippen LogP contribution in [0.3, 0.4) is 0 Å². The van der Waals surface area contributed by atoms with E-state index < -0.39 is 28.5 Å². The molecule has 0 bridgehead atoms. The lowest BCUT2D eigenvalue weighted by molar-refractivity contribution is -0.140. The Kier molecular flexibility index (Phi) is 11.5. The van der Waals surface area contributed by atoms with Crippen molar-refractivity contribution in [2.24, 2.45) is 5.92 Å². The van der Waals surface area contributed by atoms with Crippen LogP contribution in [0, 0.1) is 5.92 Å². The molecule has 3 aromatic carbocycles. The number of amides is 2. The molecule has 0 spiro atoms. The number of carbonyl (C=O) groups is 2. The van der Waals surface area contributed by atoms with Gasteiger partial charge in [0.1, 0.15) is 24.1 Å². The lowest BCUT2D eigenvalue weighted by atomic mass is 10.1. The molecule has 2 amide bonds. The number of hydrogen-bond acceptors (Lipinski definition) is 5. The van der Waals surface area contributed by atoms with E-state index in [0.717, 1.165) is 10.6 Å². The average Bonchev–Trinajstić information content (AvgIpc) is 2.92. The fourth-order valence-corrected chi connectivity index (χ4v) is 5.27. The number of para-hydroxylation sites is 1. The van der Waals surface area contributed by atoms with Gasteiger partial charge in [0.25, 0.3) is 0 Å². The summed E-state index contributed by atoms with van der Waals surface area (Å²) in [4.78, 5) is 28.4. The summed E-state index contributed by atoms with van der Waals surface area (Å²) in [6, 6.07) is 19.7. The normalized spacial score (nSPS) is 12.1. The second-order valence-corrected chi connectivity index (χ2v) is 12.7. The molecule has 1 atom stereocenters. The zero-order valence-electron chi connectivity index (χ0n) is 23.5. The van der Waals surface area contributed by atoms with Crippen molar-refractivity contribution in [3.63, 3.8) is 0 Å². The lowest BCUT2D eigenvalue weighted by Crippen LogP contribution is -2.52. The number of benzene rings is 3. The van der Waals surface area contributed by atoms with E-state index in [2.05, 4.69) is 5.32 Å². The molecule has 41 heavy (non-hydrogen) atoms. The number of sulfonamides is 1. The third-order valence-electron chi connectivity index (χ3n) is 6.19. The summed E-state index contributed by atoms with van der Waals surface area (Å²) in [5.74, 6) is 0.495. The molecule has 11 heteroatoms. The molecule has 0 aliphatic carbocycles. The van der Waals surface area contributed by atoms with Gasteiger partial charge < -0.3 is 15.0 Å². The summed E-state index contributed by atoms with van der Waals surface area (Å²) in [7, 11) is -3.87. The summed E-state index contributed by atoms with van der Waals surface area (Å²) in [6.07, 6.45) is 1.35. The van der Waals surface area contributed by atoms with E-state index >= 15 is 0 Å². The van der Waals surface area contributed by atoms with Gasteiger partial charge in [-0.15, -0.1) is 0 Å². The summed E-state index contributed by atoms with van der Waals surface area (Å²) in [5, 5.41) is 3.56. The minimum atomic E-state index is -3.87. The monoisotopic (exact) mass is 619 g/mol. The summed E-state index contributed by atoms with van der Waals surface area (Å²) >= 11 is 12.3. The minimum absolute atomic E-state index is 0.0325. The van der Waals surface area contributed by atoms with Gasteiger partial charge in [-0.3, -0.25) is 13.9 Å². The number of rotatable bonds is 13. The molecule has 0 saturated carbocycles. The maximum Gasteiger partial charge on any atom is 0.244 e. The number of nitrogens with zero attached hydrogens (tertiary/aromatic N) is 2. The molecule has 0 heterocycles. The molecule has 0 aliphatic heterocycles. The molecule has 1 unspecified atom stereocenters. The van der Waals surface area contributed by atoms with Gasteiger partial charge in [0.2, 0.25) is 21.8 Å². The Hall–Kier alpha value is -3.27. The van der Waals surface area contributed by atoms with Crippen molar-refractivity contribution in [2.75, 3.05) is 23.7 Å². The SMILES string of the molecule is CCC(C(=O)NCC(C)C)N(Cc1ccc(Cl)c(Cl)c1)C(=O)CN(c1ccc(Oc2ccccc2)cc1)S(C)(=O)=O. The van der Waals surface area contributed by atoms with Gasteiger partial charge in [-0.2, -0.15) is 0 Å². The van der Waals surface area contributed by atoms with Crippen molar-refractivity contribution in [3.8, 4) is 11.5 Å². The fraction of sp³-hybridized carbons (Fsp3) is 0.333. The van der Waals surface area contributed by atoms with Gasteiger partial charge in [0.05, 0.1) is 22.0 Å². The van der Waals surface area contributed by atoms with Crippen LogP contribution in [0.4, 0.5) is 5.69 Å². The van der Waals surface area contributed by atoms with Crippen molar-refractivity contribution >= 4 is 50.7 Å². The van der Waals surface area contributed by atoms with E-state index in [9.17, 15) is 18.0 Å². The van der Waals surface area contributed by atoms with E-state index in [0.29, 0.717) is 40.1 Å². The topological polar surface area (TPSA) is 96.0 Å². The number of anilines is 1. The number of ether oxygens (including phenoxy) is 1. The van der Waals surface area contributed by atoms with Crippen LogP contribution >= 0.6 is 23.2 Å². The van der Waals surface area contributed by atoms with Crippen LogP contribution in [-0.4, -0.2) is 50.5 Å². The van der Waals surface area contributed by atoms with Crippen molar-refractivity contribution in [2.45, 2.75) is 39.8 Å². The molecule has 0 aromatic heterocycles. The Morgan fingerprint density at radius 1 is 0.927 bits per heavy atom. The maximum absolute atomic E-state index is 13.8. The molecule has 220 valence electrons. The van der Waals surface area contributed by atoms with Gasteiger partial charge >= 0.3 is 0 Å². The Labute approximate surface area is 252 Å². The molecule has 0 aliphatic rings. The van der Waals surface area contributed by atoms with E-state index in [1.165, 1.54) is 4.90 Å². The minimum Gasteiger partial charge on any atom is -0.457 e. The average molecular weight is 621 g/mol. The number of halogens is 2. The van der Waals surface area contributed by atoms with Crippen LogP contribution in [0.25, 0.3) is 0 Å². The fourth-order valence-electron chi connectivity index (χ4n) is 4.10. The third-order valence-corrected chi connectivity index (χ3v) is 8.07. The van der Waals surface area contributed by atoms with E-state index in [1.54, 1.807) is 61.5 Å². The van der Waals surface area contributed by atoms with Crippen molar-refractivity contribution in [1.82, 2.24) is 10.2 Å². The van der Waals surface area contributed by atoms with Gasteiger partial charge in [-0.1, -0.05) is 68.2 Å². The largest absolute Gasteiger partial charge is 0.457 e. The highest BCUT2D eigenvalue weighted by Gasteiger charge is 2.32. The highest BCUT2D eigenvalue weighted by atomic mass is 35.5. The molecule has 1 N–H and O–H groups in total. The Bertz CT molecular complexity index is 1430. The maximum atomic E-state index is 13.8. The highest BCUT2D eigenvalue weighted by Crippen LogP contribution is 2.27. The Morgan fingerprint density at radius 2 is 1.56 bits per heavy atom. The molecule has 8 nitrogen and oxygen atoms in total. The molecule has 3 aromatic rings. The first-order valence-corrected chi connectivity index (χ1v) is 15.8. The standard InChI is InChI=1S/C30H35Cl2N3O5S/c1-5-28(30(37)33-18-21(2)3)34(19-22-11-16-26(31)27(32)17-22)29(36)20-35(41(4,38)39)23-12-14-25(15-13-23)40-24-9-7-6-8-10-24/h6-17,21,28H,5,18-20H2,1-4H3,(H,33,37). The molecule has 0 saturated heterocycles. The zero-order chi connectivity index (χ0) is 30.2. The van der Waals surface area contributed by atoms with E-state index in [-0.39, 0.29) is 24.1 Å². The quantitative estimate of drug-likeness (QED) is 0.248. The summed E-state index contributed by atoms with van der Waals surface area (Å²) in [5.41, 5.74) is 0.934. The van der Waals surface area contributed by atoms with Crippen LogP contribution in [-0.2, 0) is 26.2 Å². The second-order valence-electron chi connectivity index (χ2n) is 10.0. The predicted molar refractivity (Wildman–Crippen MR) is 164 cm³/mol. The summed E-state index contributed by atoms with van der Waals surface area (Å²) < 4.78 is 32.6. The van der Waals surface area contributed by atoms with Crippen LogP contribution in [0.15, 0.2) is 72.8 Å². The molecular formula is C30H35Cl2N3O5S. The number of hydrogen-bond donors (Lipinski definition) is 1. The van der Waals surface area contributed by atoms with Gasteiger partial charge in [-0.25, -0.2) is 8.42 Å². The van der Waals surface area contributed by atoms with Gasteiger partial charge in [0.15, 0.2) is 0 Å². The third kappa shape index (κ3) is 9.38. The van der Waals surface area contributed by atoms with Crippen molar-refractivity contribution < 1.29 is 22.7 Å². The van der Waals surface area contributed by atoms with Crippen LogP contribution in [0.1, 0.15) is 32.8 Å². The van der Waals surface area contributed by atoms with Crippen molar-refractivity contribution in [1.29, 1.82) is 0 Å². The summed E-state index contributed by atoms with van der Waals surface area (Å²) in [6.45, 7) is 5.71.